The largest absolute Gasteiger partial charge is 0.496 e. The maximum absolute atomic E-state index is 5.35. The van der Waals surface area contributed by atoms with Crippen molar-refractivity contribution in [1.29, 1.82) is 0 Å². The lowest BCUT2D eigenvalue weighted by Gasteiger charge is -2.05. The number of aryl methyl sites for hydroxylation is 1. The average Bonchev–Trinajstić information content (AvgIpc) is 2.92. The second kappa shape index (κ2) is 7.02. The van der Waals surface area contributed by atoms with Crippen molar-refractivity contribution in [1.82, 2.24) is 15.5 Å². The van der Waals surface area contributed by atoms with E-state index in [0.29, 0.717) is 24.9 Å². The molecule has 0 radical (unpaired) electrons. The number of methoxy groups -OCH3 is 2. The van der Waals surface area contributed by atoms with E-state index in [1.807, 2.05) is 25.1 Å². The summed E-state index contributed by atoms with van der Waals surface area (Å²) in [4.78, 5) is 4.36. The molecule has 6 nitrogen and oxygen atoms in total. The van der Waals surface area contributed by atoms with Gasteiger partial charge in [-0.1, -0.05) is 11.2 Å². The number of benzene rings is 1. The van der Waals surface area contributed by atoms with Crippen LogP contribution >= 0.6 is 0 Å². The SMILES string of the molecule is COCCNCc1nc(-c2ccc(C)cc2OC)no1. The van der Waals surface area contributed by atoms with E-state index in [0.717, 1.165) is 23.4 Å². The Morgan fingerprint density at radius 3 is 2.90 bits per heavy atom. The van der Waals surface area contributed by atoms with Crippen molar-refractivity contribution < 1.29 is 14.0 Å². The fraction of sp³-hybridized carbons (Fsp3) is 0.429. The Morgan fingerprint density at radius 2 is 2.15 bits per heavy atom. The van der Waals surface area contributed by atoms with Gasteiger partial charge in [-0.15, -0.1) is 0 Å². The molecular formula is C14H19N3O3. The molecule has 0 aliphatic carbocycles. The standard InChI is InChI=1S/C14H19N3O3/c1-10-4-5-11(12(8-10)19-3)14-16-13(20-17-14)9-15-6-7-18-2/h4-5,8,15H,6-7,9H2,1-3H3. The summed E-state index contributed by atoms with van der Waals surface area (Å²) >= 11 is 0. The molecule has 20 heavy (non-hydrogen) atoms. The molecular weight excluding hydrogens is 258 g/mol. The monoisotopic (exact) mass is 277 g/mol. The van der Waals surface area contributed by atoms with Gasteiger partial charge in [0.2, 0.25) is 11.7 Å². The summed E-state index contributed by atoms with van der Waals surface area (Å²) in [5.41, 5.74) is 1.94. The highest BCUT2D eigenvalue weighted by Gasteiger charge is 2.13. The number of aromatic nitrogens is 2. The second-order valence-corrected chi connectivity index (χ2v) is 4.39. The van der Waals surface area contributed by atoms with Gasteiger partial charge in [-0.25, -0.2) is 0 Å². The minimum atomic E-state index is 0.518. The molecule has 0 saturated heterocycles. The Hall–Kier alpha value is -1.92. The van der Waals surface area contributed by atoms with Crippen LogP contribution in [0.1, 0.15) is 11.5 Å². The van der Waals surface area contributed by atoms with E-state index in [1.165, 1.54) is 0 Å². The highest BCUT2D eigenvalue weighted by atomic mass is 16.5. The van der Waals surface area contributed by atoms with Crippen LogP contribution in [0.5, 0.6) is 5.75 Å². The fourth-order valence-electron chi connectivity index (χ4n) is 1.79. The molecule has 0 aliphatic heterocycles. The summed E-state index contributed by atoms with van der Waals surface area (Å²) in [6.45, 7) is 3.91. The van der Waals surface area contributed by atoms with Crippen LogP contribution in [0.3, 0.4) is 0 Å². The van der Waals surface area contributed by atoms with Crippen LogP contribution in [-0.4, -0.2) is 37.5 Å². The average molecular weight is 277 g/mol. The number of nitrogens with one attached hydrogen (secondary N) is 1. The highest BCUT2D eigenvalue weighted by Crippen LogP contribution is 2.28. The predicted octanol–water partition coefficient (Wildman–Crippen LogP) is 1.79. The summed E-state index contributed by atoms with van der Waals surface area (Å²) in [5, 5.41) is 7.14. The minimum Gasteiger partial charge on any atom is -0.496 e. The number of nitrogens with zero attached hydrogens (tertiary/aromatic N) is 2. The topological polar surface area (TPSA) is 69.4 Å². The molecule has 0 bridgehead atoms. The molecule has 0 atom stereocenters. The Morgan fingerprint density at radius 1 is 1.30 bits per heavy atom. The number of hydrogen-bond donors (Lipinski definition) is 1. The van der Waals surface area contributed by atoms with E-state index >= 15 is 0 Å². The van der Waals surface area contributed by atoms with Gasteiger partial charge in [0.05, 0.1) is 25.8 Å². The lowest BCUT2D eigenvalue weighted by atomic mass is 10.1. The number of ether oxygens (including phenoxy) is 2. The van der Waals surface area contributed by atoms with Crippen LogP contribution < -0.4 is 10.1 Å². The molecule has 0 spiro atoms. The second-order valence-electron chi connectivity index (χ2n) is 4.39. The number of rotatable bonds is 7. The van der Waals surface area contributed by atoms with Crippen LogP contribution in [0.15, 0.2) is 22.7 Å². The summed E-state index contributed by atoms with van der Waals surface area (Å²) in [7, 11) is 3.29. The van der Waals surface area contributed by atoms with Gasteiger partial charge < -0.3 is 19.3 Å². The quantitative estimate of drug-likeness (QED) is 0.778. The molecule has 0 aliphatic rings. The van der Waals surface area contributed by atoms with Gasteiger partial charge in [0.25, 0.3) is 0 Å². The van der Waals surface area contributed by atoms with Crippen molar-refractivity contribution in [2.75, 3.05) is 27.4 Å². The lowest BCUT2D eigenvalue weighted by molar-refractivity contribution is 0.197. The molecule has 1 heterocycles. The first-order valence-electron chi connectivity index (χ1n) is 6.42. The van der Waals surface area contributed by atoms with Crippen LogP contribution in [0.4, 0.5) is 0 Å². The van der Waals surface area contributed by atoms with Gasteiger partial charge in [-0.3, -0.25) is 0 Å². The third-order valence-corrected chi connectivity index (χ3v) is 2.83. The summed E-state index contributed by atoms with van der Waals surface area (Å²) in [6.07, 6.45) is 0. The Bertz CT molecular complexity index is 554. The van der Waals surface area contributed by atoms with Gasteiger partial charge >= 0.3 is 0 Å². The van der Waals surface area contributed by atoms with Gasteiger partial charge in [0.15, 0.2) is 0 Å². The van der Waals surface area contributed by atoms with E-state index in [1.54, 1.807) is 14.2 Å². The van der Waals surface area contributed by atoms with Crippen molar-refractivity contribution in [3.05, 3.63) is 29.7 Å². The van der Waals surface area contributed by atoms with Crippen molar-refractivity contribution in [3.8, 4) is 17.1 Å². The molecule has 1 aromatic heterocycles. The molecule has 0 saturated carbocycles. The Labute approximate surface area is 118 Å². The molecule has 0 unspecified atom stereocenters. The number of hydrogen-bond acceptors (Lipinski definition) is 6. The predicted molar refractivity (Wildman–Crippen MR) is 74.6 cm³/mol. The summed E-state index contributed by atoms with van der Waals surface area (Å²) < 4.78 is 15.5. The van der Waals surface area contributed by atoms with E-state index in [-0.39, 0.29) is 0 Å². The molecule has 2 rings (SSSR count). The van der Waals surface area contributed by atoms with Crippen LogP contribution in [0, 0.1) is 6.92 Å². The maximum atomic E-state index is 5.35. The van der Waals surface area contributed by atoms with Crippen molar-refractivity contribution in [3.63, 3.8) is 0 Å². The third kappa shape index (κ3) is 3.55. The third-order valence-electron chi connectivity index (χ3n) is 2.83. The van der Waals surface area contributed by atoms with Crippen LogP contribution in [0.2, 0.25) is 0 Å². The van der Waals surface area contributed by atoms with Crippen LogP contribution in [0.25, 0.3) is 11.4 Å². The minimum absolute atomic E-state index is 0.518. The Balaban J connectivity index is 2.08. The molecule has 1 aromatic carbocycles. The first-order chi connectivity index (χ1) is 9.74. The lowest BCUT2D eigenvalue weighted by Crippen LogP contribution is -2.18. The smallest absolute Gasteiger partial charge is 0.240 e. The van der Waals surface area contributed by atoms with Gasteiger partial charge in [-0.2, -0.15) is 4.98 Å². The van der Waals surface area contributed by atoms with Crippen molar-refractivity contribution >= 4 is 0 Å². The zero-order chi connectivity index (χ0) is 14.4. The zero-order valence-electron chi connectivity index (χ0n) is 12.0. The molecule has 108 valence electrons. The normalized spacial score (nSPS) is 10.8. The summed E-state index contributed by atoms with van der Waals surface area (Å²) in [6, 6.07) is 5.87. The van der Waals surface area contributed by atoms with Gasteiger partial charge in [0.1, 0.15) is 5.75 Å². The van der Waals surface area contributed by atoms with Gasteiger partial charge in [-0.05, 0) is 24.6 Å². The van der Waals surface area contributed by atoms with E-state index in [9.17, 15) is 0 Å². The highest BCUT2D eigenvalue weighted by molar-refractivity contribution is 5.64. The van der Waals surface area contributed by atoms with Crippen molar-refractivity contribution in [2.45, 2.75) is 13.5 Å². The van der Waals surface area contributed by atoms with E-state index in [4.69, 9.17) is 14.0 Å². The fourth-order valence-corrected chi connectivity index (χ4v) is 1.79. The Kier molecular flexibility index (Phi) is 5.09. The molecule has 1 N–H and O–H groups in total. The molecule has 0 amide bonds. The van der Waals surface area contributed by atoms with E-state index < -0.39 is 0 Å². The molecule has 0 fully saturated rings. The van der Waals surface area contributed by atoms with E-state index in [2.05, 4.69) is 15.5 Å². The molecule has 6 heteroatoms. The summed E-state index contributed by atoms with van der Waals surface area (Å²) in [5.74, 6) is 1.81. The van der Waals surface area contributed by atoms with Gasteiger partial charge in [0, 0.05) is 13.7 Å². The first-order valence-corrected chi connectivity index (χ1v) is 6.42. The zero-order valence-corrected chi connectivity index (χ0v) is 12.0. The maximum Gasteiger partial charge on any atom is 0.240 e. The van der Waals surface area contributed by atoms with Crippen molar-refractivity contribution in [2.24, 2.45) is 0 Å². The molecule has 2 aromatic rings. The van der Waals surface area contributed by atoms with Crippen LogP contribution in [-0.2, 0) is 11.3 Å². The first kappa shape index (κ1) is 14.5.